The Morgan fingerprint density at radius 1 is 1.10 bits per heavy atom. The number of sulfonamides is 1. The average Bonchev–Trinajstić information content (AvgIpc) is 4.10. The number of carbonyl (C=O) groups is 5. The Bertz CT molecular complexity index is 2370. The molecule has 3 aromatic heterocycles. The lowest BCUT2D eigenvalue weighted by molar-refractivity contribution is -0.141. The van der Waals surface area contributed by atoms with E-state index in [1.807, 2.05) is 12.2 Å². The first-order chi connectivity index (χ1) is 28.3. The van der Waals surface area contributed by atoms with Crippen molar-refractivity contribution in [2.24, 2.45) is 24.8 Å². The van der Waals surface area contributed by atoms with Crippen LogP contribution in [-0.2, 0) is 36.2 Å². The Balaban J connectivity index is 1.06. The van der Waals surface area contributed by atoms with Crippen molar-refractivity contribution < 1.29 is 41.9 Å². The van der Waals surface area contributed by atoms with Gasteiger partial charge in [-0.25, -0.2) is 18.2 Å². The number of carbonyl (C=O) groups excluding carboxylic acids is 5. The molecule has 60 heavy (non-hydrogen) atoms. The van der Waals surface area contributed by atoms with Crippen LogP contribution in [0.3, 0.4) is 0 Å². The third-order valence-corrected chi connectivity index (χ3v) is 14.7. The van der Waals surface area contributed by atoms with Crippen molar-refractivity contribution in [1.82, 2.24) is 40.0 Å². The number of aryl methyl sites for hydroxylation is 1. The second kappa shape index (κ2) is 15.3. The summed E-state index contributed by atoms with van der Waals surface area (Å²) in [6, 6.07) is 2.75. The van der Waals surface area contributed by atoms with E-state index >= 15 is 0 Å². The highest BCUT2D eigenvalue weighted by Gasteiger charge is 2.63. The van der Waals surface area contributed by atoms with E-state index in [4.69, 9.17) is 9.47 Å². The number of fused-ring (bicyclic) bond motifs is 3. The number of amides is 5. The van der Waals surface area contributed by atoms with Gasteiger partial charge in [0.1, 0.15) is 46.5 Å². The van der Waals surface area contributed by atoms with Gasteiger partial charge in [0.25, 0.3) is 11.8 Å². The lowest BCUT2D eigenvalue weighted by Crippen LogP contribution is -2.59. The molecule has 8 rings (SSSR count). The van der Waals surface area contributed by atoms with E-state index in [1.54, 1.807) is 64.5 Å². The fraction of sp³-hybridized carbons (Fsp3) is 0.550. The van der Waals surface area contributed by atoms with E-state index < -0.39 is 79.7 Å². The Labute approximate surface area is 351 Å². The van der Waals surface area contributed by atoms with E-state index in [-0.39, 0.29) is 36.9 Å². The van der Waals surface area contributed by atoms with Crippen LogP contribution in [-0.4, -0.2) is 103 Å². The summed E-state index contributed by atoms with van der Waals surface area (Å²) in [7, 11) is -2.33. The predicted molar refractivity (Wildman–Crippen MR) is 218 cm³/mol. The topological polar surface area (TPSA) is 233 Å². The molecule has 5 aliphatic rings. The largest absolute Gasteiger partial charge is 0.488 e. The van der Waals surface area contributed by atoms with Crippen LogP contribution in [0.5, 0.6) is 5.75 Å². The Morgan fingerprint density at radius 3 is 2.60 bits per heavy atom. The van der Waals surface area contributed by atoms with Crippen molar-refractivity contribution >= 4 is 56.2 Å². The van der Waals surface area contributed by atoms with Crippen LogP contribution in [0.15, 0.2) is 48.1 Å². The van der Waals surface area contributed by atoms with Crippen molar-refractivity contribution in [2.45, 2.75) is 107 Å². The van der Waals surface area contributed by atoms with Crippen molar-refractivity contribution in [2.75, 3.05) is 11.9 Å². The molecule has 0 aromatic carbocycles. The molecule has 5 amide bonds. The highest BCUT2D eigenvalue weighted by atomic mass is 32.2. The van der Waals surface area contributed by atoms with E-state index in [1.165, 1.54) is 27.1 Å². The Hall–Kier alpha value is -5.37. The standard InChI is InChI=1S/C40H49N9O9S2/c1-38(2,3)58-37(54)44-36-42-29(21-59-36)28-17-24(10-14-41-28)57-25-18-30-33(51)45-40(35(53)47-60(55,56)39(4)12-13-39)19-23(40)9-7-6-8-22-16-26(22)31(34(52)49(30)20-25)43-32(50)27-11-15-48(5)46-27/h7,9-11,14-15,17,21-23,25-26,30-31H,6,8,12-13,16,18-20H2,1-5H3,(H,43,50)(H,45,51)(H,47,53)(H,42,44,54)/b9-7-/t22-,23-,25-,26?,30+,31+,40-/m1/s1. The van der Waals surface area contributed by atoms with Gasteiger partial charge in [-0.1, -0.05) is 12.2 Å². The number of hydrogen-bond acceptors (Lipinski definition) is 13. The zero-order valence-electron chi connectivity index (χ0n) is 34.0. The molecule has 0 spiro atoms. The van der Waals surface area contributed by atoms with E-state index in [2.05, 4.69) is 35.7 Å². The fourth-order valence-corrected chi connectivity index (χ4v) is 9.96. The molecule has 4 N–H and O–H groups in total. The highest BCUT2D eigenvalue weighted by molar-refractivity contribution is 7.91. The molecule has 320 valence electrons. The van der Waals surface area contributed by atoms with Gasteiger partial charge in [-0.15, -0.1) is 11.3 Å². The van der Waals surface area contributed by atoms with Crippen LogP contribution < -0.4 is 25.4 Å². The Morgan fingerprint density at radius 2 is 1.88 bits per heavy atom. The van der Waals surface area contributed by atoms with Gasteiger partial charge in [-0.05, 0) is 90.2 Å². The lowest BCUT2D eigenvalue weighted by Gasteiger charge is -2.30. The molecule has 0 radical (unpaired) electrons. The minimum atomic E-state index is -4.01. The molecule has 0 bridgehead atoms. The minimum Gasteiger partial charge on any atom is -0.488 e. The summed E-state index contributed by atoms with van der Waals surface area (Å²) in [6.07, 6.45) is 8.71. The lowest BCUT2D eigenvalue weighted by atomic mass is 10.0. The summed E-state index contributed by atoms with van der Waals surface area (Å²) in [5, 5.41) is 14.7. The highest BCUT2D eigenvalue weighted by Crippen LogP contribution is 2.49. The summed E-state index contributed by atoms with van der Waals surface area (Å²) in [5.74, 6) is -2.58. The SMILES string of the molecule is Cn1ccc(C(=O)N[C@@H]2C(=O)N3C[C@H](Oc4ccnc(-c5csc(NC(=O)OC(C)(C)C)n5)c4)C[C@H]3C(=O)N[C@]3(C(=O)NS(=O)(=O)C4(C)CC4)C[C@H]3/C=C\CC[C@@H]3CC32)n1. The van der Waals surface area contributed by atoms with Crippen molar-refractivity contribution in [1.29, 1.82) is 0 Å². The summed E-state index contributed by atoms with van der Waals surface area (Å²) in [4.78, 5) is 79.3. The number of ether oxygens (including phenoxy) is 2. The molecule has 2 aliphatic heterocycles. The maximum atomic E-state index is 14.8. The summed E-state index contributed by atoms with van der Waals surface area (Å²) < 4.78 is 40.8. The zero-order valence-corrected chi connectivity index (χ0v) is 35.6. The van der Waals surface area contributed by atoms with Crippen molar-refractivity contribution in [3.05, 3.63) is 53.8 Å². The number of nitrogens with zero attached hydrogens (tertiary/aromatic N) is 5. The first kappa shape index (κ1) is 41.4. The van der Waals surface area contributed by atoms with Gasteiger partial charge in [-0.3, -0.25) is 38.9 Å². The average molecular weight is 864 g/mol. The first-order valence-corrected chi connectivity index (χ1v) is 22.4. The molecule has 4 fully saturated rings. The molecule has 3 aromatic rings. The molecule has 7 atom stereocenters. The van der Waals surface area contributed by atoms with Crippen LogP contribution in [0.1, 0.15) is 83.1 Å². The molecule has 18 nitrogen and oxygen atoms in total. The van der Waals surface area contributed by atoms with E-state index in [9.17, 15) is 32.4 Å². The first-order valence-electron chi connectivity index (χ1n) is 20.1. The number of rotatable bonds is 9. The second-order valence-electron chi connectivity index (χ2n) is 17.7. The molecule has 3 saturated carbocycles. The van der Waals surface area contributed by atoms with E-state index in [0.717, 1.165) is 6.42 Å². The molecule has 5 heterocycles. The zero-order chi connectivity index (χ0) is 42.8. The van der Waals surface area contributed by atoms with E-state index in [0.29, 0.717) is 48.0 Å². The maximum absolute atomic E-state index is 14.8. The number of pyridine rings is 1. The monoisotopic (exact) mass is 863 g/mol. The van der Waals surface area contributed by atoms with Gasteiger partial charge in [0.2, 0.25) is 21.8 Å². The molecular weight excluding hydrogens is 815 g/mol. The van der Waals surface area contributed by atoms with Gasteiger partial charge >= 0.3 is 6.09 Å². The van der Waals surface area contributed by atoms with Crippen LogP contribution in [0, 0.1) is 17.8 Å². The van der Waals surface area contributed by atoms with Gasteiger partial charge in [0, 0.05) is 43.2 Å². The van der Waals surface area contributed by atoms with Gasteiger partial charge in [0.15, 0.2) is 5.13 Å². The van der Waals surface area contributed by atoms with Crippen LogP contribution in [0.2, 0.25) is 0 Å². The second-order valence-corrected chi connectivity index (χ2v) is 20.7. The number of hydrogen-bond donors (Lipinski definition) is 4. The molecule has 20 heteroatoms. The van der Waals surface area contributed by atoms with Crippen LogP contribution in [0.4, 0.5) is 9.93 Å². The molecular formula is C40H49N9O9S2. The normalized spacial score (nSPS) is 28.7. The minimum absolute atomic E-state index is 0.0272. The van der Waals surface area contributed by atoms with Crippen LogP contribution >= 0.6 is 11.3 Å². The summed E-state index contributed by atoms with van der Waals surface area (Å²) >= 11 is 1.19. The third kappa shape index (κ3) is 8.61. The molecule has 1 saturated heterocycles. The predicted octanol–water partition coefficient (Wildman–Crippen LogP) is 3.29. The smallest absolute Gasteiger partial charge is 0.413 e. The summed E-state index contributed by atoms with van der Waals surface area (Å²) in [5.41, 5.74) is -1.17. The fourth-order valence-electron chi connectivity index (χ4n) is 7.96. The van der Waals surface area contributed by atoms with Gasteiger partial charge in [-0.2, -0.15) is 5.10 Å². The number of allylic oxidation sites excluding steroid dienone is 1. The number of nitrogens with one attached hydrogen (secondary N) is 4. The Kier molecular flexibility index (Phi) is 10.5. The quantitative estimate of drug-likeness (QED) is 0.227. The van der Waals surface area contributed by atoms with Gasteiger partial charge < -0.3 is 25.0 Å². The number of anilines is 1. The van der Waals surface area contributed by atoms with Crippen molar-refractivity contribution in [3.63, 3.8) is 0 Å². The van der Waals surface area contributed by atoms with Crippen LogP contribution in [0.25, 0.3) is 11.4 Å². The van der Waals surface area contributed by atoms with Crippen molar-refractivity contribution in [3.8, 4) is 17.1 Å². The van der Waals surface area contributed by atoms with Gasteiger partial charge in [0.05, 0.1) is 17.0 Å². The molecule has 3 aliphatic carbocycles. The third-order valence-electron chi connectivity index (χ3n) is 11.8. The maximum Gasteiger partial charge on any atom is 0.413 e. The molecule has 1 unspecified atom stereocenters. The summed E-state index contributed by atoms with van der Waals surface area (Å²) in [6.45, 7) is 6.82. The number of thiazole rings is 1. The number of aromatic nitrogens is 4.